The molecule has 6 aromatic rings. The standard InChI is InChI=1S/C39H30F2N6O5S/c1-53(50,51)47(13-12-40)33-21-34-31(35-37(52-34)29-11-10-28(41)19-32(29)44-38(35)48)20-30(33)25-8-5-9-26(18-25)39(49)46-16-14-45(15-17-46)36(27(22-42)23-43)24-6-3-2-4-7-24/h2-11,18-21H,12-17H2,1H3,(H,44,48). The SMILES string of the molecule is CS(=O)(=O)N(CCF)c1cc2oc3c4ccc(F)cc4[nH]c(=O)c3c2cc1-c1cccc(C(=O)N2CCN(C(=C(C#N)C#N)c3ccccc3)CC2)c1. The van der Waals surface area contributed by atoms with Crippen molar-refractivity contribution in [2.45, 2.75) is 0 Å². The largest absolute Gasteiger partial charge is 0.455 e. The van der Waals surface area contributed by atoms with E-state index in [4.69, 9.17) is 4.42 Å². The predicted molar refractivity (Wildman–Crippen MR) is 197 cm³/mol. The van der Waals surface area contributed by atoms with Crippen LogP contribution in [0.5, 0.6) is 0 Å². The fourth-order valence-corrected chi connectivity index (χ4v) is 7.79. The highest BCUT2D eigenvalue weighted by Crippen LogP contribution is 2.41. The molecule has 1 fully saturated rings. The van der Waals surface area contributed by atoms with E-state index >= 15 is 0 Å². The lowest BCUT2D eigenvalue weighted by Gasteiger charge is -2.37. The number of carbonyl (C=O) groups is 1. The fraction of sp³-hybridized carbons (Fsp3) is 0.179. The summed E-state index contributed by atoms with van der Waals surface area (Å²) in [6.45, 7) is -0.182. The number of aromatic amines is 1. The second-order valence-electron chi connectivity index (χ2n) is 12.5. The number of sulfonamides is 1. The fourth-order valence-electron chi connectivity index (χ4n) is 6.88. The minimum absolute atomic E-state index is 0.0261. The van der Waals surface area contributed by atoms with E-state index in [1.165, 1.54) is 24.3 Å². The average Bonchev–Trinajstić information content (AvgIpc) is 3.54. The Morgan fingerprint density at radius 1 is 0.906 bits per heavy atom. The Balaban J connectivity index is 1.29. The van der Waals surface area contributed by atoms with Crippen LogP contribution in [0.4, 0.5) is 14.5 Å². The molecule has 4 aromatic carbocycles. The first-order valence-electron chi connectivity index (χ1n) is 16.5. The Morgan fingerprint density at radius 2 is 1.60 bits per heavy atom. The maximum absolute atomic E-state index is 14.0. The molecule has 14 heteroatoms. The van der Waals surface area contributed by atoms with Crippen LogP contribution in [0.25, 0.3) is 49.7 Å². The number of halogens is 2. The number of nitrogens with zero attached hydrogens (tertiary/aromatic N) is 5. The van der Waals surface area contributed by atoms with Gasteiger partial charge >= 0.3 is 0 Å². The first kappa shape index (κ1) is 34.9. The van der Waals surface area contributed by atoms with E-state index in [0.29, 0.717) is 59.3 Å². The zero-order valence-electron chi connectivity index (χ0n) is 28.3. The number of furan rings is 1. The van der Waals surface area contributed by atoms with E-state index in [-0.39, 0.29) is 39.2 Å². The lowest BCUT2D eigenvalue weighted by Crippen LogP contribution is -2.48. The molecule has 0 bridgehead atoms. The molecule has 0 aliphatic carbocycles. The number of alkyl halides is 1. The molecule has 1 amide bonds. The Morgan fingerprint density at radius 3 is 2.28 bits per heavy atom. The van der Waals surface area contributed by atoms with Gasteiger partial charge in [-0.05, 0) is 47.5 Å². The molecule has 2 aromatic heterocycles. The summed E-state index contributed by atoms with van der Waals surface area (Å²) in [5.41, 5.74) is 2.28. The first-order valence-corrected chi connectivity index (χ1v) is 18.4. The topological polar surface area (TPSA) is 155 Å². The van der Waals surface area contributed by atoms with Crippen LogP contribution in [0.15, 0.2) is 99.7 Å². The van der Waals surface area contributed by atoms with E-state index < -0.39 is 34.6 Å². The van der Waals surface area contributed by atoms with Crippen LogP contribution in [0.3, 0.4) is 0 Å². The van der Waals surface area contributed by atoms with Crippen molar-refractivity contribution in [1.29, 1.82) is 10.5 Å². The van der Waals surface area contributed by atoms with Crippen LogP contribution >= 0.6 is 0 Å². The molecule has 1 aliphatic heterocycles. The van der Waals surface area contributed by atoms with E-state index in [1.807, 2.05) is 47.4 Å². The van der Waals surface area contributed by atoms with E-state index in [9.17, 15) is 37.3 Å². The van der Waals surface area contributed by atoms with Gasteiger partial charge in [0, 0.05) is 54.1 Å². The smallest absolute Gasteiger partial charge is 0.260 e. The number of hydrogen-bond donors (Lipinski definition) is 1. The van der Waals surface area contributed by atoms with Crippen molar-refractivity contribution in [3.8, 4) is 23.3 Å². The zero-order valence-corrected chi connectivity index (χ0v) is 29.1. The van der Waals surface area contributed by atoms with Gasteiger partial charge in [-0.15, -0.1) is 0 Å². The van der Waals surface area contributed by atoms with Gasteiger partial charge in [0.15, 0.2) is 5.57 Å². The van der Waals surface area contributed by atoms with Gasteiger partial charge < -0.3 is 19.2 Å². The van der Waals surface area contributed by atoms with Gasteiger partial charge in [-0.1, -0.05) is 42.5 Å². The summed E-state index contributed by atoms with van der Waals surface area (Å²) in [6, 6.07) is 26.6. The average molecular weight is 733 g/mol. The molecule has 0 unspecified atom stereocenters. The Kier molecular flexibility index (Phi) is 9.16. The molecular formula is C39H30F2N6O5S. The molecule has 0 saturated carbocycles. The highest BCUT2D eigenvalue weighted by molar-refractivity contribution is 7.92. The van der Waals surface area contributed by atoms with Crippen LogP contribution in [-0.4, -0.2) is 74.8 Å². The van der Waals surface area contributed by atoms with Crippen molar-refractivity contribution in [3.05, 3.63) is 118 Å². The van der Waals surface area contributed by atoms with Crippen molar-refractivity contribution in [3.63, 3.8) is 0 Å². The molecule has 0 radical (unpaired) electrons. The monoisotopic (exact) mass is 732 g/mol. The van der Waals surface area contributed by atoms with Crippen LogP contribution in [0.2, 0.25) is 0 Å². The number of pyridine rings is 1. The lowest BCUT2D eigenvalue weighted by atomic mass is 9.98. The molecule has 11 nitrogen and oxygen atoms in total. The Bertz CT molecular complexity index is 2710. The maximum atomic E-state index is 14.0. The summed E-state index contributed by atoms with van der Waals surface area (Å²) in [7, 11) is -4.02. The van der Waals surface area contributed by atoms with Crippen LogP contribution in [-0.2, 0) is 10.0 Å². The van der Waals surface area contributed by atoms with Crippen LogP contribution < -0.4 is 9.86 Å². The third-order valence-corrected chi connectivity index (χ3v) is 10.5. The molecule has 266 valence electrons. The third-order valence-electron chi connectivity index (χ3n) is 9.28. The highest BCUT2D eigenvalue weighted by Gasteiger charge is 2.28. The Hall–Kier alpha value is -6.51. The summed E-state index contributed by atoms with van der Waals surface area (Å²) in [5, 5.41) is 20.3. The van der Waals surface area contributed by atoms with Crippen molar-refractivity contribution in [2.24, 2.45) is 0 Å². The number of anilines is 1. The zero-order chi connectivity index (χ0) is 37.4. The summed E-state index contributed by atoms with van der Waals surface area (Å²) >= 11 is 0. The third kappa shape index (κ3) is 6.45. The van der Waals surface area contributed by atoms with Gasteiger partial charge in [0.05, 0.1) is 35.1 Å². The van der Waals surface area contributed by atoms with Gasteiger partial charge in [-0.2, -0.15) is 10.5 Å². The molecule has 53 heavy (non-hydrogen) atoms. The maximum Gasteiger partial charge on any atom is 0.260 e. The first-order chi connectivity index (χ1) is 25.5. The summed E-state index contributed by atoms with van der Waals surface area (Å²) in [5.74, 6) is -0.854. The number of hydrogen-bond acceptors (Lipinski definition) is 8. The molecule has 0 atom stereocenters. The number of nitrogens with one attached hydrogen (secondary N) is 1. The normalized spacial score (nSPS) is 13.2. The number of benzene rings is 4. The molecule has 0 spiro atoms. The number of amides is 1. The quantitative estimate of drug-likeness (QED) is 0.182. The van der Waals surface area contributed by atoms with Gasteiger partial charge in [0.2, 0.25) is 10.0 Å². The minimum Gasteiger partial charge on any atom is -0.455 e. The van der Waals surface area contributed by atoms with E-state index in [1.54, 1.807) is 35.2 Å². The summed E-state index contributed by atoms with van der Waals surface area (Å²) in [6.07, 6.45) is 0.955. The van der Waals surface area contributed by atoms with E-state index in [0.717, 1.165) is 16.1 Å². The van der Waals surface area contributed by atoms with E-state index in [2.05, 4.69) is 4.98 Å². The highest BCUT2D eigenvalue weighted by atomic mass is 32.2. The molecule has 1 N–H and O–H groups in total. The van der Waals surface area contributed by atoms with Crippen molar-refractivity contribution >= 4 is 60.2 Å². The van der Waals surface area contributed by atoms with Crippen molar-refractivity contribution in [2.75, 3.05) is 50.0 Å². The van der Waals surface area contributed by atoms with Gasteiger partial charge in [0.25, 0.3) is 11.5 Å². The molecule has 3 heterocycles. The second kappa shape index (κ2) is 13.9. The Labute approximate surface area is 302 Å². The number of nitriles is 2. The molecule has 7 rings (SSSR count). The predicted octanol–water partition coefficient (Wildman–Crippen LogP) is 6.19. The number of rotatable bonds is 8. The second-order valence-corrected chi connectivity index (χ2v) is 14.4. The lowest BCUT2D eigenvalue weighted by molar-refractivity contribution is 0.0686. The number of allylic oxidation sites excluding steroid dienone is 1. The van der Waals surface area contributed by atoms with Crippen LogP contribution in [0.1, 0.15) is 15.9 Å². The van der Waals surface area contributed by atoms with Gasteiger partial charge in [-0.25, -0.2) is 17.2 Å². The van der Waals surface area contributed by atoms with Gasteiger partial charge in [-0.3, -0.25) is 13.9 Å². The summed E-state index contributed by atoms with van der Waals surface area (Å²) in [4.78, 5) is 33.6. The number of aromatic nitrogens is 1. The number of H-pyrrole nitrogens is 1. The molecular weight excluding hydrogens is 703 g/mol. The molecule has 1 aliphatic rings. The summed E-state index contributed by atoms with van der Waals surface area (Å²) < 4.78 is 61.0. The number of carbonyl (C=O) groups excluding carboxylic acids is 1. The number of piperazine rings is 1. The van der Waals surface area contributed by atoms with Crippen molar-refractivity contribution < 1.29 is 26.4 Å². The van der Waals surface area contributed by atoms with Crippen LogP contribution in [0, 0.1) is 28.5 Å². The minimum atomic E-state index is -4.02. The molecule has 1 saturated heterocycles. The van der Waals surface area contributed by atoms with Gasteiger partial charge in [0.1, 0.15) is 35.8 Å². The van der Waals surface area contributed by atoms with Crippen molar-refractivity contribution in [1.82, 2.24) is 14.8 Å². The number of fused-ring (bicyclic) bond motifs is 5.